The molecule has 0 aliphatic heterocycles. The van der Waals surface area contributed by atoms with Gasteiger partial charge in [0.2, 0.25) is 0 Å². The van der Waals surface area contributed by atoms with Crippen molar-refractivity contribution in [3.05, 3.63) is 106 Å². The highest BCUT2D eigenvalue weighted by Crippen LogP contribution is 2.26. The molecule has 1 amide bonds. The van der Waals surface area contributed by atoms with Crippen molar-refractivity contribution in [2.75, 3.05) is 7.11 Å². The predicted molar refractivity (Wildman–Crippen MR) is 124 cm³/mol. The highest BCUT2D eigenvalue weighted by Gasteiger charge is 2.21. The summed E-state index contributed by atoms with van der Waals surface area (Å²) < 4.78 is 19.7. The molecule has 4 rings (SSSR count). The smallest absolute Gasteiger partial charge is 0.257 e. The Balaban J connectivity index is 1.73. The average Bonchev–Trinajstić information content (AvgIpc) is 2.78. The Hall–Kier alpha value is -3.44. The zero-order valence-corrected chi connectivity index (χ0v) is 18.6. The molecule has 0 saturated heterocycles. The molecule has 4 aromatic rings. The van der Waals surface area contributed by atoms with E-state index in [-0.39, 0.29) is 12.1 Å². The van der Waals surface area contributed by atoms with E-state index in [1.165, 1.54) is 12.1 Å². The largest absolute Gasteiger partial charge is 0.497 e. The van der Waals surface area contributed by atoms with Crippen molar-refractivity contribution in [1.29, 1.82) is 0 Å². The van der Waals surface area contributed by atoms with E-state index in [2.05, 4.69) is 4.98 Å². The second kappa shape index (κ2) is 9.37. The van der Waals surface area contributed by atoms with Gasteiger partial charge in [0, 0.05) is 24.0 Å². The number of rotatable bonds is 6. The monoisotopic (exact) mass is 448 g/mol. The number of pyridine rings is 1. The number of nitrogens with zero attached hydrogens (tertiary/aromatic N) is 2. The lowest BCUT2D eigenvalue weighted by atomic mass is 10.1. The number of carbonyl (C=O) groups excluding carboxylic acids is 1. The minimum absolute atomic E-state index is 0.0201. The first-order valence-electron chi connectivity index (χ1n) is 10.2. The molecule has 1 aromatic heterocycles. The fraction of sp³-hybridized carbons (Fsp3) is 0.154. The molecular formula is C26H22ClFN2O2. The number of fused-ring (bicyclic) bond motifs is 1. The van der Waals surface area contributed by atoms with Crippen LogP contribution in [0.3, 0.4) is 0 Å². The fourth-order valence-corrected chi connectivity index (χ4v) is 3.86. The van der Waals surface area contributed by atoms with Gasteiger partial charge in [-0.3, -0.25) is 4.79 Å². The summed E-state index contributed by atoms with van der Waals surface area (Å²) >= 11 is 6.48. The third-order valence-electron chi connectivity index (χ3n) is 5.26. The van der Waals surface area contributed by atoms with Crippen LogP contribution in [-0.2, 0) is 13.1 Å². The molecule has 0 aliphatic carbocycles. The zero-order valence-electron chi connectivity index (χ0n) is 17.8. The van der Waals surface area contributed by atoms with E-state index >= 15 is 0 Å². The standard InChI is InChI=1S/C26H22ClFN2O2/c1-17-6-5-7-18(12-17)15-30(26(31)22-8-3-4-9-23(22)28)16-20-13-19-14-21(32-2)10-11-24(19)29-25(20)27/h3-14H,15-16H2,1-2H3. The third kappa shape index (κ3) is 4.73. The lowest BCUT2D eigenvalue weighted by molar-refractivity contribution is 0.0725. The molecule has 32 heavy (non-hydrogen) atoms. The minimum atomic E-state index is -0.556. The van der Waals surface area contributed by atoms with Crippen LogP contribution in [0.25, 0.3) is 10.9 Å². The Labute approximate surface area is 191 Å². The quantitative estimate of drug-likeness (QED) is 0.330. The molecule has 1 heterocycles. The molecule has 6 heteroatoms. The van der Waals surface area contributed by atoms with Gasteiger partial charge in [0.05, 0.1) is 18.2 Å². The number of hydrogen-bond donors (Lipinski definition) is 0. The molecule has 0 bridgehead atoms. The molecule has 162 valence electrons. The summed E-state index contributed by atoms with van der Waals surface area (Å²) in [6.07, 6.45) is 0. The molecule has 0 radical (unpaired) electrons. The Morgan fingerprint density at radius 3 is 2.59 bits per heavy atom. The summed E-state index contributed by atoms with van der Waals surface area (Å²) in [5.41, 5.74) is 3.45. The molecule has 0 aliphatic rings. The molecular weight excluding hydrogens is 427 g/mol. The summed E-state index contributed by atoms with van der Waals surface area (Å²) in [7, 11) is 1.60. The van der Waals surface area contributed by atoms with Crippen molar-refractivity contribution in [3.63, 3.8) is 0 Å². The number of ether oxygens (including phenoxy) is 1. The summed E-state index contributed by atoms with van der Waals surface area (Å²) in [5, 5.41) is 1.15. The summed E-state index contributed by atoms with van der Waals surface area (Å²) in [5.74, 6) is -0.266. The fourth-order valence-electron chi connectivity index (χ4n) is 3.65. The number of amides is 1. The van der Waals surface area contributed by atoms with Gasteiger partial charge in [0.15, 0.2) is 0 Å². The van der Waals surface area contributed by atoms with E-state index in [0.29, 0.717) is 23.0 Å². The van der Waals surface area contributed by atoms with Crippen LogP contribution in [0.15, 0.2) is 72.8 Å². The van der Waals surface area contributed by atoms with Crippen molar-refractivity contribution >= 4 is 28.4 Å². The van der Waals surface area contributed by atoms with Crippen LogP contribution < -0.4 is 4.74 Å². The van der Waals surface area contributed by atoms with Crippen molar-refractivity contribution in [3.8, 4) is 5.75 Å². The van der Waals surface area contributed by atoms with Gasteiger partial charge < -0.3 is 9.64 Å². The zero-order chi connectivity index (χ0) is 22.7. The summed E-state index contributed by atoms with van der Waals surface area (Å²) in [4.78, 5) is 19.4. The van der Waals surface area contributed by atoms with E-state index in [1.54, 1.807) is 24.1 Å². The topological polar surface area (TPSA) is 42.4 Å². The minimum Gasteiger partial charge on any atom is -0.497 e. The molecule has 3 aromatic carbocycles. The average molecular weight is 449 g/mol. The summed E-state index contributed by atoms with van der Waals surface area (Å²) in [6.45, 7) is 2.48. The maximum Gasteiger partial charge on any atom is 0.257 e. The molecule has 0 N–H and O–H groups in total. The number of benzene rings is 3. The van der Waals surface area contributed by atoms with Crippen LogP contribution >= 0.6 is 11.6 Å². The SMILES string of the molecule is COc1ccc2nc(Cl)c(CN(Cc3cccc(C)c3)C(=O)c3ccccc3F)cc2c1. The molecule has 0 unspecified atom stereocenters. The first-order chi connectivity index (χ1) is 15.4. The molecule has 0 spiro atoms. The van der Waals surface area contributed by atoms with Gasteiger partial charge in [-0.05, 0) is 48.9 Å². The van der Waals surface area contributed by atoms with E-state index in [4.69, 9.17) is 16.3 Å². The maximum atomic E-state index is 14.4. The van der Waals surface area contributed by atoms with Crippen molar-refractivity contribution in [2.24, 2.45) is 0 Å². The second-order valence-electron chi connectivity index (χ2n) is 7.63. The van der Waals surface area contributed by atoms with Gasteiger partial charge in [-0.15, -0.1) is 0 Å². The lowest BCUT2D eigenvalue weighted by Gasteiger charge is -2.24. The van der Waals surface area contributed by atoms with Crippen molar-refractivity contribution in [2.45, 2.75) is 20.0 Å². The summed E-state index contributed by atoms with van der Waals surface area (Å²) in [6, 6.07) is 21.3. The molecule has 4 nitrogen and oxygen atoms in total. The molecule has 0 fully saturated rings. The normalized spacial score (nSPS) is 10.9. The Morgan fingerprint density at radius 1 is 1.03 bits per heavy atom. The van der Waals surface area contributed by atoms with Crippen molar-refractivity contribution in [1.82, 2.24) is 9.88 Å². The third-order valence-corrected chi connectivity index (χ3v) is 5.58. The lowest BCUT2D eigenvalue weighted by Crippen LogP contribution is -2.31. The van der Waals surface area contributed by atoms with Crippen LogP contribution in [0.1, 0.15) is 27.0 Å². The van der Waals surface area contributed by atoms with Gasteiger partial charge in [-0.1, -0.05) is 53.6 Å². The van der Waals surface area contributed by atoms with Crippen LogP contribution in [0.2, 0.25) is 5.15 Å². The first kappa shape index (κ1) is 21.8. The Bertz CT molecular complexity index is 1290. The van der Waals surface area contributed by atoms with Gasteiger partial charge in [0.1, 0.15) is 16.7 Å². The molecule has 0 atom stereocenters. The Morgan fingerprint density at radius 2 is 1.84 bits per heavy atom. The number of aromatic nitrogens is 1. The first-order valence-corrected chi connectivity index (χ1v) is 10.5. The predicted octanol–water partition coefficient (Wildman–Crippen LogP) is 6.19. The van der Waals surface area contributed by atoms with Crippen LogP contribution in [0.5, 0.6) is 5.75 Å². The van der Waals surface area contributed by atoms with E-state index in [1.807, 2.05) is 55.5 Å². The van der Waals surface area contributed by atoms with Crippen LogP contribution in [-0.4, -0.2) is 22.9 Å². The number of carbonyl (C=O) groups is 1. The maximum absolute atomic E-state index is 14.4. The molecule has 0 saturated carbocycles. The van der Waals surface area contributed by atoms with E-state index < -0.39 is 11.7 Å². The van der Waals surface area contributed by atoms with E-state index in [0.717, 1.165) is 22.0 Å². The highest BCUT2D eigenvalue weighted by molar-refractivity contribution is 6.30. The van der Waals surface area contributed by atoms with E-state index in [9.17, 15) is 9.18 Å². The van der Waals surface area contributed by atoms with Gasteiger partial charge >= 0.3 is 0 Å². The van der Waals surface area contributed by atoms with Gasteiger partial charge in [0.25, 0.3) is 5.91 Å². The van der Waals surface area contributed by atoms with Gasteiger partial charge in [-0.25, -0.2) is 9.37 Å². The van der Waals surface area contributed by atoms with Gasteiger partial charge in [-0.2, -0.15) is 0 Å². The highest BCUT2D eigenvalue weighted by atomic mass is 35.5. The van der Waals surface area contributed by atoms with Crippen LogP contribution in [0.4, 0.5) is 4.39 Å². The second-order valence-corrected chi connectivity index (χ2v) is 7.99. The van der Waals surface area contributed by atoms with Crippen LogP contribution in [0, 0.1) is 12.7 Å². The van der Waals surface area contributed by atoms with Crippen molar-refractivity contribution < 1.29 is 13.9 Å². The number of aryl methyl sites for hydroxylation is 1. The number of halogens is 2. The Kier molecular flexibility index (Phi) is 6.37. The number of methoxy groups -OCH3 is 1. The number of hydrogen-bond acceptors (Lipinski definition) is 3.